The van der Waals surface area contributed by atoms with E-state index in [4.69, 9.17) is 5.11 Å². The van der Waals surface area contributed by atoms with Crippen LogP contribution in [0.15, 0.2) is 22.6 Å². The maximum atomic E-state index is 13.0. The highest BCUT2D eigenvalue weighted by molar-refractivity contribution is 8.01. The molecule has 8 heteroatoms. The average molecular weight is 396 g/mol. The standard InChI is InChI=1S/C18H25N3O3S2/c22-15(23)12-25-16-11-19-17(26-16)20-18(24)21(13-7-3-1-4-8-13)14-9-5-2-6-10-14/h1,3,11,13-14H,2,4-10,12H2,(H,22,23)(H,19,20,24). The quantitative estimate of drug-likeness (QED) is 0.543. The number of hydrogen-bond acceptors (Lipinski definition) is 5. The number of hydrogen-bond donors (Lipinski definition) is 2. The summed E-state index contributed by atoms with van der Waals surface area (Å²) >= 11 is 2.55. The van der Waals surface area contributed by atoms with Crippen molar-refractivity contribution in [3.8, 4) is 0 Å². The van der Waals surface area contributed by atoms with Crippen LogP contribution in [0.5, 0.6) is 0 Å². The predicted molar refractivity (Wildman–Crippen MR) is 105 cm³/mol. The van der Waals surface area contributed by atoms with Crippen molar-refractivity contribution in [1.82, 2.24) is 9.88 Å². The Kier molecular flexibility index (Phi) is 6.96. The molecule has 6 nitrogen and oxygen atoms in total. The van der Waals surface area contributed by atoms with E-state index in [1.54, 1.807) is 6.20 Å². The maximum absolute atomic E-state index is 13.0. The molecular weight excluding hydrogens is 370 g/mol. The number of thioether (sulfide) groups is 1. The summed E-state index contributed by atoms with van der Waals surface area (Å²) in [7, 11) is 0. The van der Waals surface area contributed by atoms with Crippen molar-refractivity contribution < 1.29 is 14.7 Å². The second-order valence-electron chi connectivity index (χ2n) is 6.73. The summed E-state index contributed by atoms with van der Waals surface area (Å²) in [5.74, 6) is -0.860. The van der Waals surface area contributed by atoms with Crippen LogP contribution in [0.3, 0.4) is 0 Å². The van der Waals surface area contributed by atoms with Gasteiger partial charge in [-0.05, 0) is 32.1 Å². The summed E-state index contributed by atoms with van der Waals surface area (Å²) in [6, 6.07) is 0.492. The van der Waals surface area contributed by atoms with E-state index in [0.29, 0.717) is 11.2 Å². The number of carbonyl (C=O) groups is 2. The molecule has 0 aliphatic heterocycles. The molecule has 0 spiro atoms. The minimum atomic E-state index is -0.859. The Hall–Kier alpha value is -1.54. The fourth-order valence-electron chi connectivity index (χ4n) is 3.69. The van der Waals surface area contributed by atoms with Crippen molar-refractivity contribution in [3.05, 3.63) is 18.3 Å². The van der Waals surface area contributed by atoms with Gasteiger partial charge in [-0.15, -0.1) is 11.8 Å². The van der Waals surface area contributed by atoms with E-state index in [1.165, 1.54) is 42.4 Å². The number of allylic oxidation sites excluding steroid dienone is 1. The second-order valence-corrected chi connectivity index (χ2v) is 9.04. The van der Waals surface area contributed by atoms with E-state index in [-0.39, 0.29) is 17.8 Å². The molecular formula is C18H25N3O3S2. The molecule has 142 valence electrons. The molecule has 1 saturated carbocycles. The number of nitrogens with one attached hydrogen (secondary N) is 1. The zero-order valence-corrected chi connectivity index (χ0v) is 16.4. The zero-order chi connectivity index (χ0) is 18.4. The normalized spacial score (nSPS) is 20.7. The highest BCUT2D eigenvalue weighted by atomic mass is 32.2. The Morgan fingerprint density at radius 1 is 1.23 bits per heavy atom. The summed E-state index contributed by atoms with van der Waals surface area (Å²) in [6.07, 6.45) is 14.7. The van der Waals surface area contributed by atoms with Gasteiger partial charge in [0.25, 0.3) is 0 Å². The van der Waals surface area contributed by atoms with Crippen LogP contribution in [-0.2, 0) is 4.79 Å². The first-order chi connectivity index (χ1) is 12.6. The first-order valence-electron chi connectivity index (χ1n) is 9.18. The molecule has 2 N–H and O–H groups in total. The van der Waals surface area contributed by atoms with Gasteiger partial charge in [-0.3, -0.25) is 10.1 Å². The van der Waals surface area contributed by atoms with Crippen LogP contribution >= 0.6 is 23.1 Å². The van der Waals surface area contributed by atoms with Gasteiger partial charge in [-0.25, -0.2) is 9.78 Å². The van der Waals surface area contributed by atoms with Crippen molar-refractivity contribution in [2.75, 3.05) is 11.1 Å². The van der Waals surface area contributed by atoms with Gasteiger partial charge in [-0.1, -0.05) is 42.8 Å². The summed E-state index contributed by atoms with van der Waals surface area (Å²) in [5, 5.41) is 12.3. The Balaban J connectivity index is 1.66. The number of carbonyl (C=O) groups excluding carboxylic acids is 1. The number of aliphatic carboxylic acids is 1. The molecule has 2 aliphatic rings. The van der Waals surface area contributed by atoms with Gasteiger partial charge in [0.15, 0.2) is 5.13 Å². The molecule has 0 aromatic carbocycles. The first-order valence-corrected chi connectivity index (χ1v) is 11.0. The van der Waals surface area contributed by atoms with E-state index in [0.717, 1.165) is 36.3 Å². The first kappa shape index (κ1) is 19.2. The summed E-state index contributed by atoms with van der Waals surface area (Å²) in [5.41, 5.74) is 0. The van der Waals surface area contributed by atoms with Crippen molar-refractivity contribution in [1.29, 1.82) is 0 Å². The highest BCUT2D eigenvalue weighted by Crippen LogP contribution is 2.31. The Bertz CT molecular complexity index is 656. The number of aromatic nitrogens is 1. The van der Waals surface area contributed by atoms with Crippen molar-refractivity contribution in [3.63, 3.8) is 0 Å². The fourth-order valence-corrected chi connectivity index (χ4v) is 5.27. The van der Waals surface area contributed by atoms with E-state index in [2.05, 4.69) is 27.4 Å². The zero-order valence-electron chi connectivity index (χ0n) is 14.7. The lowest BCUT2D eigenvalue weighted by atomic mass is 9.91. The van der Waals surface area contributed by atoms with E-state index >= 15 is 0 Å². The number of anilines is 1. The minimum Gasteiger partial charge on any atom is -0.481 e. The molecule has 2 amide bonds. The third-order valence-electron chi connectivity index (χ3n) is 4.87. The van der Waals surface area contributed by atoms with Crippen LogP contribution < -0.4 is 5.32 Å². The number of nitrogens with zero attached hydrogens (tertiary/aromatic N) is 2. The number of carboxylic acids is 1. The van der Waals surface area contributed by atoms with Gasteiger partial charge < -0.3 is 10.0 Å². The fraction of sp³-hybridized carbons (Fsp3) is 0.611. The average Bonchev–Trinajstić information content (AvgIpc) is 3.09. The molecule has 26 heavy (non-hydrogen) atoms. The topological polar surface area (TPSA) is 82.5 Å². The number of amides is 2. The van der Waals surface area contributed by atoms with Crippen LogP contribution in [0.25, 0.3) is 0 Å². The summed E-state index contributed by atoms with van der Waals surface area (Å²) < 4.78 is 0.799. The maximum Gasteiger partial charge on any atom is 0.324 e. The van der Waals surface area contributed by atoms with Gasteiger partial charge in [0.1, 0.15) is 0 Å². The van der Waals surface area contributed by atoms with Crippen LogP contribution in [0, 0.1) is 0 Å². The third kappa shape index (κ3) is 5.23. The monoisotopic (exact) mass is 395 g/mol. The number of rotatable bonds is 6. The molecule has 0 saturated heterocycles. The van der Waals surface area contributed by atoms with Crippen molar-refractivity contribution in [2.45, 2.75) is 67.7 Å². The lowest BCUT2D eigenvalue weighted by molar-refractivity contribution is -0.133. The molecule has 1 unspecified atom stereocenters. The van der Waals surface area contributed by atoms with Gasteiger partial charge in [0, 0.05) is 12.1 Å². The van der Waals surface area contributed by atoms with E-state index in [9.17, 15) is 9.59 Å². The lowest BCUT2D eigenvalue weighted by Gasteiger charge is -2.40. The van der Waals surface area contributed by atoms with Gasteiger partial charge >= 0.3 is 12.0 Å². The molecule has 2 aliphatic carbocycles. The summed E-state index contributed by atoms with van der Waals surface area (Å²) in [4.78, 5) is 30.0. The molecule has 1 aromatic rings. The van der Waals surface area contributed by atoms with Crippen LogP contribution in [0.1, 0.15) is 51.4 Å². The van der Waals surface area contributed by atoms with Gasteiger partial charge in [0.05, 0.1) is 16.2 Å². The second kappa shape index (κ2) is 9.41. The van der Waals surface area contributed by atoms with E-state index in [1.807, 2.05) is 0 Å². The Morgan fingerprint density at radius 2 is 2.04 bits per heavy atom. The van der Waals surface area contributed by atoms with Crippen molar-refractivity contribution >= 4 is 40.2 Å². The Morgan fingerprint density at radius 3 is 2.73 bits per heavy atom. The predicted octanol–water partition coefficient (Wildman–Crippen LogP) is 4.60. The molecule has 3 rings (SSSR count). The number of urea groups is 1. The number of thiazole rings is 1. The van der Waals surface area contributed by atoms with Crippen molar-refractivity contribution in [2.24, 2.45) is 0 Å². The summed E-state index contributed by atoms with van der Waals surface area (Å²) in [6.45, 7) is 0. The minimum absolute atomic E-state index is 0.00180. The van der Waals surface area contributed by atoms with Crippen LogP contribution in [0.4, 0.5) is 9.93 Å². The Labute approximate surface area is 162 Å². The molecule has 0 bridgehead atoms. The van der Waals surface area contributed by atoms with Gasteiger partial charge in [-0.2, -0.15) is 0 Å². The number of carboxylic acid groups (broad SMARTS) is 1. The van der Waals surface area contributed by atoms with Crippen LogP contribution in [0.2, 0.25) is 0 Å². The molecule has 1 aromatic heterocycles. The molecule has 0 radical (unpaired) electrons. The largest absolute Gasteiger partial charge is 0.481 e. The SMILES string of the molecule is O=C(O)CSc1cnc(NC(=O)N(C2CC=CCC2)C2CCCCC2)s1. The molecule has 1 atom stereocenters. The molecule has 1 fully saturated rings. The van der Waals surface area contributed by atoms with E-state index < -0.39 is 5.97 Å². The smallest absolute Gasteiger partial charge is 0.324 e. The third-order valence-corrected chi connectivity index (χ3v) is 6.97. The molecule has 1 heterocycles. The van der Waals surface area contributed by atoms with Gasteiger partial charge in [0.2, 0.25) is 0 Å². The highest BCUT2D eigenvalue weighted by Gasteiger charge is 2.32. The van der Waals surface area contributed by atoms with Crippen LogP contribution in [-0.4, -0.2) is 44.8 Å². The lowest BCUT2D eigenvalue weighted by Crippen LogP contribution is -2.50.